The molecule has 0 aliphatic heterocycles. The summed E-state index contributed by atoms with van der Waals surface area (Å²) in [6.07, 6.45) is 1.28. The largest absolute Gasteiger partial charge is 0.497 e. The topological polar surface area (TPSA) is 105 Å². The summed E-state index contributed by atoms with van der Waals surface area (Å²) in [5.41, 5.74) is 1.30. The summed E-state index contributed by atoms with van der Waals surface area (Å²) in [7, 11) is -2.36. The Morgan fingerprint density at radius 3 is 1.93 bits per heavy atom. The highest BCUT2D eigenvalue weighted by Crippen LogP contribution is 2.26. The maximum atomic E-state index is 14.3. The minimum atomic E-state index is -3.91. The van der Waals surface area contributed by atoms with Crippen molar-refractivity contribution in [1.82, 2.24) is 10.2 Å². The van der Waals surface area contributed by atoms with Crippen LogP contribution in [0.15, 0.2) is 109 Å². The lowest BCUT2D eigenvalue weighted by atomic mass is 10.0. The lowest BCUT2D eigenvalue weighted by Gasteiger charge is -2.35. The van der Waals surface area contributed by atoms with E-state index in [1.165, 1.54) is 4.90 Å². The molecule has 10 heteroatoms. The SMILES string of the molecule is COc1cccc(CN(C(=O)CN(c2ccc(Oc3ccccc3)cc2)S(C)(=O)=O)[C@@H](Cc2ccccc2)C(=O)NC(C)(C)C)c1. The highest BCUT2D eigenvalue weighted by Gasteiger charge is 2.34. The fraction of sp³-hybridized carbons (Fsp3) is 0.278. The molecule has 0 aliphatic rings. The molecule has 0 heterocycles. The summed E-state index contributed by atoms with van der Waals surface area (Å²) >= 11 is 0. The monoisotopic (exact) mass is 643 g/mol. The third-order valence-corrected chi connectivity index (χ3v) is 8.18. The zero-order valence-electron chi connectivity index (χ0n) is 26.8. The van der Waals surface area contributed by atoms with Crippen molar-refractivity contribution >= 4 is 27.5 Å². The molecule has 9 nitrogen and oxygen atoms in total. The van der Waals surface area contributed by atoms with Crippen LogP contribution in [0.4, 0.5) is 5.69 Å². The van der Waals surface area contributed by atoms with Crippen molar-refractivity contribution in [3.8, 4) is 17.2 Å². The molecule has 0 aliphatic carbocycles. The van der Waals surface area contributed by atoms with Crippen molar-refractivity contribution in [1.29, 1.82) is 0 Å². The molecule has 4 aromatic carbocycles. The molecule has 0 saturated carbocycles. The van der Waals surface area contributed by atoms with Crippen LogP contribution in [0.1, 0.15) is 31.9 Å². The van der Waals surface area contributed by atoms with Gasteiger partial charge in [-0.25, -0.2) is 8.42 Å². The second-order valence-corrected chi connectivity index (χ2v) is 13.9. The van der Waals surface area contributed by atoms with Gasteiger partial charge in [0.05, 0.1) is 19.1 Å². The van der Waals surface area contributed by atoms with Crippen LogP contribution < -0.4 is 19.1 Å². The van der Waals surface area contributed by atoms with E-state index in [2.05, 4.69) is 5.32 Å². The summed E-state index contributed by atoms with van der Waals surface area (Å²) in [5, 5.41) is 3.02. The van der Waals surface area contributed by atoms with E-state index in [1.54, 1.807) is 49.6 Å². The molecule has 4 rings (SSSR count). The first-order valence-electron chi connectivity index (χ1n) is 14.9. The Hall–Kier alpha value is -4.83. The maximum absolute atomic E-state index is 14.3. The van der Waals surface area contributed by atoms with E-state index in [1.807, 2.05) is 87.5 Å². The van der Waals surface area contributed by atoms with Gasteiger partial charge in [0.25, 0.3) is 0 Å². The van der Waals surface area contributed by atoms with Gasteiger partial charge in [0, 0.05) is 18.5 Å². The highest BCUT2D eigenvalue weighted by atomic mass is 32.2. The first kappa shape index (κ1) is 34.1. The summed E-state index contributed by atoms with van der Waals surface area (Å²) < 4.78 is 38.5. The second-order valence-electron chi connectivity index (χ2n) is 12.0. The fourth-order valence-electron chi connectivity index (χ4n) is 4.89. The van der Waals surface area contributed by atoms with Gasteiger partial charge in [-0.3, -0.25) is 13.9 Å². The van der Waals surface area contributed by atoms with E-state index < -0.39 is 34.1 Å². The number of anilines is 1. The van der Waals surface area contributed by atoms with Crippen molar-refractivity contribution in [2.45, 2.75) is 45.3 Å². The Kier molecular flexibility index (Phi) is 11.1. The second kappa shape index (κ2) is 15.0. The van der Waals surface area contributed by atoms with E-state index >= 15 is 0 Å². The lowest BCUT2D eigenvalue weighted by molar-refractivity contribution is -0.140. The molecule has 4 aromatic rings. The van der Waals surface area contributed by atoms with Crippen LogP contribution in [0.2, 0.25) is 0 Å². The van der Waals surface area contributed by atoms with E-state index in [0.29, 0.717) is 17.2 Å². The van der Waals surface area contributed by atoms with Gasteiger partial charge in [-0.2, -0.15) is 0 Å². The molecule has 0 fully saturated rings. The fourth-order valence-corrected chi connectivity index (χ4v) is 5.74. The molecule has 242 valence electrons. The Bertz CT molecular complexity index is 1710. The first-order chi connectivity index (χ1) is 21.8. The van der Waals surface area contributed by atoms with E-state index in [-0.39, 0.29) is 24.6 Å². The number of carbonyl (C=O) groups is 2. The minimum Gasteiger partial charge on any atom is -0.497 e. The molecule has 1 atom stereocenters. The summed E-state index contributed by atoms with van der Waals surface area (Å²) in [5.74, 6) is 0.857. The molecular formula is C36H41N3O6S. The van der Waals surface area contributed by atoms with Crippen molar-refractivity contribution in [2.24, 2.45) is 0 Å². The maximum Gasteiger partial charge on any atom is 0.244 e. The number of para-hydroxylation sites is 1. The number of ether oxygens (including phenoxy) is 2. The zero-order valence-corrected chi connectivity index (χ0v) is 27.7. The van der Waals surface area contributed by atoms with Crippen molar-refractivity contribution in [2.75, 3.05) is 24.2 Å². The number of nitrogens with one attached hydrogen (secondary N) is 1. The molecule has 0 aromatic heterocycles. The summed E-state index contributed by atoms with van der Waals surface area (Å²) in [6, 6.07) is 31.4. The van der Waals surface area contributed by atoms with E-state index in [9.17, 15) is 18.0 Å². The number of hydrogen-bond acceptors (Lipinski definition) is 6. The molecule has 0 spiro atoms. The van der Waals surface area contributed by atoms with Gasteiger partial charge in [-0.05, 0) is 80.4 Å². The van der Waals surface area contributed by atoms with Crippen molar-refractivity contribution in [3.05, 3.63) is 120 Å². The van der Waals surface area contributed by atoms with Crippen LogP contribution in [-0.4, -0.2) is 56.6 Å². The average Bonchev–Trinajstić information content (AvgIpc) is 3.01. The Morgan fingerprint density at radius 2 is 1.35 bits per heavy atom. The summed E-state index contributed by atoms with van der Waals surface area (Å²) in [4.78, 5) is 29.7. The molecule has 2 amide bonds. The molecule has 0 unspecified atom stereocenters. The smallest absolute Gasteiger partial charge is 0.244 e. The Morgan fingerprint density at radius 1 is 0.783 bits per heavy atom. The predicted molar refractivity (Wildman–Crippen MR) is 181 cm³/mol. The zero-order chi connectivity index (χ0) is 33.3. The van der Waals surface area contributed by atoms with Crippen LogP contribution in [0.25, 0.3) is 0 Å². The van der Waals surface area contributed by atoms with Gasteiger partial charge < -0.3 is 19.7 Å². The van der Waals surface area contributed by atoms with Gasteiger partial charge in [0.2, 0.25) is 21.8 Å². The van der Waals surface area contributed by atoms with Crippen LogP contribution >= 0.6 is 0 Å². The van der Waals surface area contributed by atoms with Crippen LogP contribution in [-0.2, 0) is 32.6 Å². The Balaban J connectivity index is 1.70. The predicted octanol–water partition coefficient (Wildman–Crippen LogP) is 5.81. The molecule has 0 saturated heterocycles. The van der Waals surface area contributed by atoms with Gasteiger partial charge in [-0.15, -0.1) is 0 Å². The standard InChI is InChI=1S/C36H41N3O6S/c1-36(2,3)37-35(41)33(24-27-13-8-6-9-14-27)38(25-28-15-12-18-32(23-28)44-4)34(40)26-39(46(5,42)43)29-19-21-31(22-20-29)45-30-16-10-7-11-17-30/h6-23,33H,24-26H2,1-5H3,(H,37,41)/t33-/m0/s1. The van der Waals surface area contributed by atoms with E-state index in [0.717, 1.165) is 21.7 Å². The lowest BCUT2D eigenvalue weighted by Crippen LogP contribution is -2.56. The van der Waals surface area contributed by atoms with Gasteiger partial charge >= 0.3 is 0 Å². The quantitative estimate of drug-likeness (QED) is 0.197. The molecule has 0 bridgehead atoms. The third-order valence-electron chi connectivity index (χ3n) is 7.04. The van der Waals surface area contributed by atoms with Crippen molar-refractivity contribution in [3.63, 3.8) is 0 Å². The molecule has 46 heavy (non-hydrogen) atoms. The third kappa shape index (κ3) is 9.84. The number of rotatable bonds is 13. The number of carbonyl (C=O) groups excluding carboxylic acids is 2. The van der Waals surface area contributed by atoms with Gasteiger partial charge in [0.1, 0.15) is 29.8 Å². The molecule has 1 N–H and O–H groups in total. The number of benzene rings is 4. The van der Waals surface area contributed by atoms with Crippen LogP contribution in [0.5, 0.6) is 17.2 Å². The first-order valence-corrected chi connectivity index (χ1v) is 16.8. The Labute approximate surface area is 271 Å². The number of amides is 2. The number of sulfonamides is 1. The molecule has 0 radical (unpaired) electrons. The van der Waals surface area contributed by atoms with Crippen molar-refractivity contribution < 1.29 is 27.5 Å². The highest BCUT2D eigenvalue weighted by molar-refractivity contribution is 7.92. The van der Waals surface area contributed by atoms with Gasteiger partial charge in [0.15, 0.2) is 0 Å². The summed E-state index contributed by atoms with van der Waals surface area (Å²) in [6.45, 7) is 5.14. The molecular weight excluding hydrogens is 602 g/mol. The van der Waals surface area contributed by atoms with Gasteiger partial charge in [-0.1, -0.05) is 60.7 Å². The van der Waals surface area contributed by atoms with Crippen LogP contribution in [0.3, 0.4) is 0 Å². The number of methoxy groups -OCH3 is 1. The minimum absolute atomic E-state index is 0.0482. The number of nitrogens with zero attached hydrogens (tertiary/aromatic N) is 2. The van der Waals surface area contributed by atoms with E-state index in [4.69, 9.17) is 9.47 Å². The van der Waals surface area contributed by atoms with Crippen LogP contribution in [0, 0.1) is 0 Å². The normalized spacial score (nSPS) is 12.1. The average molecular weight is 644 g/mol. The number of hydrogen-bond donors (Lipinski definition) is 1.